The van der Waals surface area contributed by atoms with Crippen LogP contribution in [0.25, 0.3) is 10.8 Å². The highest BCUT2D eigenvalue weighted by atomic mass is 16.6. The average Bonchev–Trinajstić information content (AvgIpc) is 2.58. The number of amides is 1. The van der Waals surface area contributed by atoms with Gasteiger partial charge in [0.1, 0.15) is 0 Å². The van der Waals surface area contributed by atoms with Gasteiger partial charge in [0.05, 0.1) is 16.2 Å². The number of aromatic hydroxyl groups is 1. The van der Waals surface area contributed by atoms with Crippen LogP contribution in [0.2, 0.25) is 0 Å². The zero-order chi connectivity index (χ0) is 17.3. The Balaban J connectivity index is 1.94. The number of phenolic OH excluding ortho intramolecular Hbond substituents is 1. The molecule has 120 valence electrons. The first kappa shape index (κ1) is 15.3. The molecule has 0 atom stereocenters. The molecule has 0 aromatic heterocycles. The summed E-state index contributed by atoms with van der Waals surface area (Å²) in [6, 6.07) is 14.1. The van der Waals surface area contributed by atoms with E-state index in [1.807, 2.05) is 0 Å². The second-order valence-electron chi connectivity index (χ2n) is 5.17. The molecule has 0 unspecified atom stereocenters. The van der Waals surface area contributed by atoms with E-state index in [0.717, 1.165) is 5.39 Å². The van der Waals surface area contributed by atoms with E-state index in [9.17, 15) is 20.0 Å². The maximum atomic E-state index is 12.4. The van der Waals surface area contributed by atoms with Crippen molar-refractivity contribution in [1.82, 2.24) is 0 Å². The Bertz CT molecular complexity index is 952. The molecule has 0 aliphatic carbocycles. The highest BCUT2D eigenvalue weighted by Crippen LogP contribution is 2.34. The Labute approximate surface area is 136 Å². The zero-order valence-electron chi connectivity index (χ0n) is 12.4. The Hall–Kier alpha value is -3.61. The molecule has 4 N–H and O–H groups in total. The van der Waals surface area contributed by atoms with Gasteiger partial charge >= 0.3 is 0 Å². The lowest BCUT2D eigenvalue weighted by atomic mass is 10.0. The van der Waals surface area contributed by atoms with Crippen molar-refractivity contribution in [2.24, 2.45) is 0 Å². The maximum Gasteiger partial charge on any atom is 0.269 e. The number of nitrogen functional groups attached to an aromatic ring is 1. The minimum Gasteiger partial charge on any atom is -0.505 e. The second-order valence-corrected chi connectivity index (χ2v) is 5.17. The van der Waals surface area contributed by atoms with Crippen LogP contribution in [0.15, 0.2) is 54.6 Å². The predicted molar refractivity (Wildman–Crippen MR) is 91.1 cm³/mol. The monoisotopic (exact) mass is 323 g/mol. The summed E-state index contributed by atoms with van der Waals surface area (Å²) >= 11 is 0. The number of phenols is 1. The van der Waals surface area contributed by atoms with Crippen LogP contribution in [0, 0.1) is 10.1 Å². The van der Waals surface area contributed by atoms with E-state index in [0.29, 0.717) is 11.1 Å². The van der Waals surface area contributed by atoms with E-state index < -0.39 is 10.8 Å². The number of carbonyl (C=O) groups is 1. The standard InChI is InChI=1S/C17H13N3O4/c18-15-13-4-2-1-3-10(13)9-14(16(15)21)17(22)19-11-5-7-12(8-6-11)20(23)24/h1-9,21H,18H2,(H,19,22). The number of fused-ring (bicyclic) bond motifs is 1. The number of nitro groups is 1. The minimum atomic E-state index is -0.557. The van der Waals surface area contributed by atoms with Gasteiger partial charge in [-0.05, 0) is 23.6 Å². The molecule has 0 bridgehead atoms. The fourth-order valence-electron chi connectivity index (χ4n) is 2.40. The molecular weight excluding hydrogens is 310 g/mol. The third-order valence-corrected chi connectivity index (χ3v) is 3.64. The molecule has 3 aromatic rings. The Kier molecular flexibility index (Phi) is 3.75. The van der Waals surface area contributed by atoms with Crippen LogP contribution in [-0.2, 0) is 0 Å². The van der Waals surface area contributed by atoms with Crippen LogP contribution in [0.3, 0.4) is 0 Å². The van der Waals surface area contributed by atoms with Gasteiger partial charge in [-0.1, -0.05) is 24.3 Å². The highest BCUT2D eigenvalue weighted by Gasteiger charge is 2.17. The zero-order valence-corrected chi connectivity index (χ0v) is 12.4. The number of non-ortho nitro benzene ring substituents is 1. The van der Waals surface area contributed by atoms with Crippen molar-refractivity contribution in [3.05, 3.63) is 70.3 Å². The molecule has 0 fully saturated rings. The van der Waals surface area contributed by atoms with Gasteiger partial charge in [-0.15, -0.1) is 0 Å². The molecule has 0 spiro atoms. The van der Waals surface area contributed by atoms with Crippen LogP contribution >= 0.6 is 0 Å². The van der Waals surface area contributed by atoms with Crippen LogP contribution in [0.4, 0.5) is 17.1 Å². The molecule has 7 heteroatoms. The van der Waals surface area contributed by atoms with Crippen molar-refractivity contribution in [2.75, 3.05) is 11.1 Å². The first-order chi connectivity index (χ1) is 11.5. The number of rotatable bonds is 3. The van der Waals surface area contributed by atoms with Crippen molar-refractivity contribution >= 4 is 33.7 Å². The molecule has 3 rings (SSSR count). The lowest BCUT2D eigenvalue weighted by molar-refractivity contribution is -0.384. The van der Waals surface area contributed by atoms with E-state index >= 15 is 0 Å². The minimum absolute atomic E-state index is 0.0320. The molecule has 0 saturated heterocycles. The normalized spacial score (nSPS) is 10.5. The van der Waals surface area contributed by atoms with Gasteiger partial charge in [-0.2, -0.15) is 0 Å². The van der Waals surface area contributed by atoms with Crippen molar-refractivity contribution in [3.8, 4) is 5.75 Å². The number of nitrogens with zero attached hydrogens (tertiary/aromatic N) is 1. The third-order valence-electron chi connectivity index (χ3n) is 3.64. The van der Waals surface area contributed by atoms with Gasteiger partial charge in [0, 0.05) is 23.2 Å². The lowest BCUT2D eigenvalue weighted by Crippen LogP contribution is -2.12. The van der Waals surface area contributed by atoms with Crippen molar-refractivity contribution < 1.29 is 14.8 Å². The number of hydrogen-bond acceptors (Lipinski definition) is 5. The maximum absolute atomic E-state index is 12.4. The average molecular weight is 323 g/mol. The molecule has 7 nitrogen and oxygen atoms in total. The fourth-order valence-corrected chi connectivity index (χ4v) is 2.40. The van der Waals surface area contributed by atoms with E-state index in [1.54, 1.807) is 30.3 Å². The fraction of sp³-hybridized carbons (Fsp3) is 0. The number of nitro benzene ring substituents is 1. The summed E-state index contributed by atoms with van der Waals surface area (Å²) in [7, 11) is 0. The molecule has 0 saturated carbocycles. The summed E-state index contributed by atoms with van der Waals surface area (Å²) in [5.41, 5.74) is 6.35. The van der Waals surface area contributed by atoms with Crippen LogP contribution < -0.4 is 11.1 Å². The van der Waals surface area contributed by atoms with Crippen molar-refractivity contribution in [2.45, 2.75) is 0 Å². The quantitative estimate of drug-likeness (QED) is 0.296. The molecule has 3 aromatic carbocycles. The van der Waals surface area contributed by atoms with Crippen LogP contribution in [0.5, 0.6) is 5.75 Å². The summed E-state index contributed by atoms with van der Waals surface area (Å²) in [6.45, 7) is 0. The van der Waals surface area contributed by atoms with Gasteiger partial charge in [0.2, 0.25) is 0 Å². The lowest BCUT2D eigenvalue weighted by Gasteiger charge is -2.11. The number of carbonyl (C=O) groups excluding carboxylic acids is 1. The van der Waals surface area contributed by atoms with E-state index in [-0.39, 0.29) is 22.7 Å². The Morgan fingerprint density at radius 3 is 2.46 bits per heavy atom. The first-order valence-electron chi connectivity index (χ1n) is 7.03. The topological polar surface area (TPSA) is 118 Å². The Morgan fingerprint density at radius 2 is 1.79 bits per heavy atom. The smallest absolute Gasteiger partial charge is 0.269 e. The van der Waals surface area contributed by atoms with Gasteiger partial charge in [-0.3, -0.25) is 14.9 Å². The largest absolute Gasteiger partial charge is 0.505 e. The number of nitrogens with one attached hydrogen (secondary N) is 1. The van der Waals surface area contributed by atoms with Gasteiger partial charge in [0.15, 0.2) is 5.75 Å². The molecule has 0 aliphatic heterocycles. The summed E-state index contributed by atoms with van der Waals surface area (Å²) in [5.74, 6) is -0.855. The highest BCUT2D eigenvalue weighted by molar-refractivity contribution is 6.11. The summed E-state index contributed by atoms with van der Waals surface area (Å²) < 4.78 is 0. The molecule has 0 aliphatic rings. The number of anilines is 2. The number of benzene rings is 3. The van der Waals surface area contributed by atoms with E-state index in [2.05, 4.69) is 5.32 Å². The summed E-state index contributed by atoms with van der Waals surface area (Å²) in [5, 5.41) is 24.8. The van der Waals surface area contributed by atoms with Gasteiger partial charge in [-0.25, -0.2) is 0 Å². The van der Waals surface area contributed by atoms with Crippen molar-refractivity contribution in [3.63, 3.8) is 0 Å². The van der Waals surface area contributed by atoms with Gasteiger partial charge < -0.3 is 16.2 Å². The van der Waals surface area contributed by atoms with E-state index in [1.165, 1.54) is 24.3 Å². The molecule has 0 radical (unpaired) electrons. The summed E-state index contributed by atoms with van der Waals surface area (Å²) in [4.78, 5) is 22.5. The molecule has 0 heterocycles. The van der Waals surface area contributed by atoms with Crippen molar-refractivity contribution in [1.29, 1.82) is 0 Å². The van der Waals surface area contributed by atoms with Crippen LogP contribution in [-0.4, -0.2) is 15.9 Å². The Morgan fingerprint density at radius 1 is 1.12 bits per heavy atom. The second kappa shape index (κ2) is 5.88. The SMILES string of the molecule is Nc1c(O)c(C(=O)Nc2ccc([N+](=O)[O-])cc2)cc2ccccc12. The molecule has 1 amide bonds. The predicted octanol–water partition coefficient (Wildman–Crippen LogP) is 3.29. The third kappa shape index (κ3) is 2.70. The number of hydrogen-bond donors (Lipinski definition) is 3. The van der Waals surface area contributed by atoms with Gasteiger partial charge in [0.25, 0.3) is 11.6 Å². The first-order valence-corrected chi connectivity index (χ1v) is 7.03. The van der Waals surface area contributed by atoms with E-state index in [4.69, 9.17) is 5.73 Å². The van der Waals surface area contributed by atoms with Crippen LogP contribution in [0.1, 0.15) is 10.4 Å². The molecular formula is C17H13N3O4. The number of nitrogens with two attached hydrogens (primary N) is 1. The summed E-state index contributed by atoms with van der Waals surface area (Å²) in [6.07, 6.45) is 0. The molecule has 24 heavy (non-hydrogen) atoms.